The van der Waals surface area contributed by atoms with Crippen LogP contribution in [0, 0.1) is 25.5 Å². The first-order valence-corrected chi connectivity index (χ1v) is 20.4. The van der Waals surface area contributed by atoms with E-state index in [1.165, 1.54) is 47.3 Å². The van der Waals surface area contributed by atoms with Crippen molar-refractivity contribution in [1.29, 1.82) is 0 Å². The minimum atomic E-state index is -0.348. The van der Waals surface area contributed by atoms with Gasteiger partial charge in [0.25, 0.3) is 0 Å². The number of benzene rings is 3. The number of aromatic nitrogens is 4. The van der Waals surface area contributed by atoms with E-state index in [-0.39, 0.29) is 22.6 Å². The van der Waals surface area contributed by atoms with E-state index in [1.807, 2.05) is 38.1 Å². The van der Waals surface area contributed by atoms with E-state index in [9.17, 15) is 13.6 Å². The molecule has 60 heavy (non-hydrogen) atoms. The number of ether oxygens (including phenoxy) is 3. The van der Waals surface area contributed by atoms with Crippen LogP contribution in [0.15, 0.2) is 95.8 Å². The Bertz CT molecular complexity index is 2820. The summed E-state index contributed by atoms with van der Waals surface area (Å²) in [7, 11) is 1.55. The maximum atomic E-state index is 14.5. The normalized spacial score (nSPS) is 15.9. The fourth-order valence-corrected chi connectivity index (χ4v) is 9.04. The molecule has 7 aromatic rings. The highest BCUT2D eigenvalue weighted by Gasteiger charge is 2.45. The predicted octanol–water partition coefficient (Wildman–Crippen LogP) is 9.48. The van der Waals surface area contributed by atoms with Crippen LogP contribution < -0.4 is 20.1 Å². The Morgan fingerprint density at radius 3 is 2.18 bits per heavy atom. The molecule has 3 aromatic carbocycles. The number of rotatable bonds is 5. The number of hydrogen-bond donors (Lipinski definition) is 1. The van der Waals surface area contributed by atoms with Crippen molar-refractivity contribution >= 4 is 50.5 Å². The third kappa shape index (κ3) is 7.33. The van der Waals surface area contributed by atoms with Gasteiger partial charge < -0.3 is 29.0 Å². The van der Waals surface area contributed by atoms with Crippen LogP contribution in [0.1, 0.15) is 29.5 Å². The molecule has 1 N–H and O–H groups in total. The number of nitrogens with zero attached hydrogens (tertiary/aromatic N) is 5. The van der Waals surface area contributed by atoms with Gasteiger partial charge in [0.15, 0.2) is 0 Å². The molecule has 1 spiro atoms. The summed E-state index contributed by atoms with van der Waals surface area (Å²) in [6, 6.07) is 26.5. The molecule has 4 aromatic heterocycles. The smallest absolute Gasteiger partial charge is 0.248 e. The van der Waals surface area contributed by atoms with Crippen molar-refractivity contribution in [2.75, 3.05) is 63.0 Å². The van der Waals surface area contributed by atoms with Crippen LogP contribution in [0.5, 0.6) is 5.88 Å². The molecule has 7 heterocycles. The highest BCUT2D eigenvalue weighted by molar-refractivity contribution is 6.36. The largest absolute Gasteiger partial charge is 0.481 e. The number of fused-ring (bicyclic) bond motifs is 4. The monoisotopic (exact) mass is 828 g/mol. The van der Waals surface area contributed by atoms with Gasteiger partial charge in [0.1, 0.15) is 11.6 Å². The van der Waals surface area contributed by atoms with Gasteiger partial charge in [-0.2, -0.15) is 0 Å². The van der Waals surface area contributed by atoms with E-state index in [1.54, 1.807) is 25.3 Å². The zero-order valence-corrected chi connectivity index (χ0v) is 34.3. The first-order chi connectivity index (χ1) is 29.1. The van der Waals surface area contributed by atoms with Crippen molar-refractivity contribution < 1.29 is 23.0 Å². The molecule has 10 nitrogen and oxygen atoms in total. The molecule has 0 atom stereocenters. The molecule has 0 unspecified atom stereocenters. The molecule has 0 saturated carbocycles. The molecule has 306 valence electrons. The third-order valence-electron chi connectivity index (χ3n) is 11.9. The van der Waals surface area contributed by atoms with Gasteiger partial charge in [-0.25, -0.2) is 23.7 Å². The second kappa shape index (κ2) is 16.2. The average molecular weight is 829 g/mol. The van der Waals surface area contributed by atoms with Crippen molar-refractivity contribution in [2.24, 2.45) is 0 Å². The van der Waals surface area contributed by atoms with Crippen LogP contribution in [0.25, 0.3) is 44.6 Å². The van der Waals surface area contributed by atoms with E-state index in [2.05, 4.69) is 43.0 Å². The Morgan fingerprint density at radius 1 is 0.767 bits per heavy atom. The zero-order valence-electron chi connectivity index (χ0n) is 33.5. The molecular weight excluding hydrogens is 786 g/mol. The van der Waals surface area contributed by atoms with Gasteiger partial charge in [0.2, 0.25) is 11.4 Å². The minimum Gasteiger partial charge on any atom is -0.481 e. The zero-order chi connectivity index (χ0) is 41.5. The molecule has 0 aliphatic carbocycles. The Hall–Kier alpha value is -5.95. The number of aromatic amines is 1. The molecular formula is C47H43ClF2N6O4. The lowest BCUT2D eigenvalue weighted by Crippen LogP contribution is -2.37. The molecule has 10 rings (SSSR count). The first kappa shape index (κ1) is 39.5. The van der Waals surface area contributed by atoms with E-state index >= 15 is 0 Å². The first-order valence-electron chi connectivity index (χ1n) is 20.0. The quantitative estimate of drug-likeness (QED) is 0.182. The van der Waals surface area contributed by atoms with E-state index in [0.29, 0.717) is 44.7 Å². The highest BCUT2D eigenvalue weighted by atomic mass is 35.5. The van der Waals surface area contributed by atoms with Gasteiger partial charge in [-0.15, -0.1) is 0 Å². The van der Waals surface area contributed by atoms with Crippen molar-refractivity contribution in [3.05, 3.63) is 135 Å². The van der Waals surface area contributed by atoms with Gasteiger partial charge in [-0.1, -0.05) is 29.8 Å². The summed E-state index contributed by atoms with van der Waals surface area (Å²) < 4.78 is 44.4. The third-order valence-corrected chi connectivity index (χ3v) is 12.4. The molecule has 2 fully saturated rings. The van der Waals surface area contributed by atoms with Crippen molar-refractivity contribution in [2.45, 2.75) is 32.1 Å². The second-order valence-electron chi connectivity index (χ2n) is 15.4. The maximum Gasteiger partial charge on any atom is 0.248 e. The number of methoxy groups -OCH3 is 1. The number of anilines is 3. The van der Waals surface area contributed by atoms with Crippen LogP contribution >= 0.6 is 11.6 Å². The Kier molecular flexibility index (Phi) is 10.7. The Labute approximate surface area is 350 Å². The summed E-state index contributed by atoms with van der Waals surface area (Å²) >= 11 is 6.39. The van der Waals surface area contributed by atoms with Crippen LogP contribution in [0.2, 0.25) is 5.02 Å². The molecule has 3 aliphatic heterocycles. The number of pyridine rings is 4. The van der Waals surface area contributed by atoms with Crippen molar-refractivity contribution in [1.82, 2.24) is 19.9 Å². The fraction of sp³-hybridized carbons (Fsp3) is 0.277. The SMILES string of the molecule is COc1cccc(-c2nc3cc(F)ccc3c(Cl)c2C)n1.Cc1c(-c2cccc(=O)[nH]2)nc2cc(F)ccc2c1N1CC2(CCOCC2)c2ccc(N3CCOCC3)cc21. The lowest BCUT2D eigenvalue weighted by atomic mass is 9.76. The summed E-state index contributed by atoms with van der Waals surface area (Å²) in [5.41, 5.74) is 9.82. The van der Waals surface area contributed by atoms with E-state index < -0.39 is 0 Å². The van der Waals surface area contributed by atoms with Gasteiger partial charge in [0.05, 0.1) is 64.8 Å². The van der Waals surface area contributed by atoms with Crippen molar-refractivity contribution in [3.8, 4) is 28.7 Å². The van der Waals surface area contributed by atoms with Crippen LogP contribution in [0.4, 0.5) is 25.8 Å². The summed E-state index contributed by atoms with van der Waals surface area (Å²) in [6.07, 6.45) is 1.89. The lowest BCUT2D eigenvalue weighted by molar-refractivity contribution is 0.0558. The second-order valence-corrected chi connectivity index (χ2v) is 15.8. The number of morpholine rings is 1. The number of halogens is 3. The Balaban J connectivity index is 0.000000186. The highest BCUT2D eigenvalue weighted by Crippen LogP contribution is 2.53. The standard InChI is InChI=1S/C31H31FN4O3.C16H12ClFN2O/c1-20-29(25-3-2-4-28(37)33-25)34-26-17-21(32)5-7-23(26)30(20)36-19-31(9-13-38-14-10-31)24-8-6-22(18-27(24)36)35-11-15-39-16-12-35;1-9-15(17)11-7-6-10(18)8-13(11)20-16(9)12-4-3-5-14(19-12)21-2/h2-8,17-18H,9-16,19H2,1H3,(H,33,37);3-8H,1-2H3. The van der Waals surface area contributed by atoms with Crippen LogP contribution in [-0.4, -0.2) is 73.1 Å². The maximum absolute atomic E-state index is 14.5. The summed E-state index contributed by atoms with van der Waals surface area (Å²) in [5, 5.41) is 2.17. The molecule has 2 saturated heterocycles. The summed E-state index contributed by atoms with van der Waals surface area (Å²) in [4.78, 5) is 33.6. The molecule has 0 radical (unpaired) electrons. The lowest BCUT2D eigenvalue weighted by Gasteiger charge is -2.35. The van der Waals surface area contributed by atoms with Crippen molar-refractivity contribution in [3.63, 3.8) is 0 Å². The average Bonchev–Trinajstić information content (AvgIpc) is 3.57. The van der Waals surface area contributed by atoms with Gasteiger partial charge in [-0.05, 0) is 86.3 Å². The summed E-state index contributed by atoms with van der Waals surface area (Å²) in [6.45, 7) is 9.36. The number of H-pyrrole nitrogens is 1. The summed E-state index contributed by atoms with van der Waals surface area (Å²) in [5.74, 6) is -0.196. The van der Waals surface area contributed by atoms with E-state index in [0.717, 1.165) is 86.5 Å². The number of hydrogen-bond acceptors (Lipinski definition) is 9. The predicted molar refractivity (Wildman–Crippen MR) is 232 cm³/mol. The van der Waals surface area contributed by atoms with E-state index in [4.69, 9.17) is 30.8 Å². The van der Waals surface area contributed by atoms with Gasteiger partial charge >= 0.3 is 0 Å². The van der Waals surface area contributed by atoms with Crippen LogP contribution in [-0.2, 0) is 14.9 Å². The molecule has 3 aliphatic rings. The fourth-order valence-electron chi connectivity index (χ4n) is 8.79. The minimum absolute atomic E-state index is 0.0274. The Morgan fingerprint density at radius 2 is 1.45 bits per heavy atom. The molecule has 13 heteroatoms. The van der Waals surface area contributed by atoms with Gasteiger partial charge in [-0.3, -0.25) is 4.79 Å². The molecule has 0 amide bonds. The van der Waals surface area contributed by atoms with Gasteiger partial charge in [0, 0.05) is 90.2 Å². The van der Waals surface area contributed by atoms with Crippen LogP contribution in [0.3, 0.4) is 0 Å². The topological polar surface area (TPSA) is 106 Å². The molecule has 0 bridgehead atoms. The number of nitrogens with one attached hydrogen (secondary N) is 1.